The molecular weight excluding hydrogens is 507 g/mol. The third kappa shape index (κ3) is 7.83. The Kier molecular flexibility index (Phi) is 10.00. The lowest BCUT2D eigenvalue weighted by Crippen LogP contribution is -2.50. The monoisotopic (exact) mass is 543 g/mol. The molecule has 1 N–H and O–H groups in total. The number of nitrogens with zero attached hydrogens (tertiary/aromatic N) is 2. The van der Waals surface area contributed by atoms with E-state index in [9.17, 15) is 27.6 Å². The first-order valence-electron chi connectivity index (χ1n) is 12.7. The van der Waals surface area contributed by atoms with Gasteiger partial charge in [-0.25, -0.2) is 0 Å². The first-order valence-corrected chi connectivity index (χ1v) is 12.7. The van der Waals surface area contributed by atoms with Crippen LogP contribution >= 0.6 is 0 Å². The van der Waals surface area contributed by atoms with E-state index >= 15 is 0 Å². The standard InChI is InChI=1S/C26H36F3N3O6/c1-16-13-32(24(34)18-7-9-37-10-8-18)17(2)15-38-21-6-5-19(30-23(33)12-26(27,28)29)11-20(21)25(35)31(3)14-22(16)36-4/h5-6,11,16-18,22H,7-10,12-15H2,1-4H3,(H,30,33)/t16-,17+,22-/m1/s1. The van der Waals surface area contributed by atoms with Crippen LogP contribution < -0.4 is 10.1 Å². The van der Waals surface area contributed by atoms with Crippen LogP contribution in [0.3, 0.4) is 0 Å². The van der Waals surface area contributed by atoms with Gasteiger partial charge in [0.05, 0.1) is 17.7 Å². The quantitative estimate of drug-likeness (QED) is 0.626. The Morgan fingerprint density at radius 1 is 1.16 bits per heavy atom. The number of halogens is 3. The van der Waals surface area contributed by atoms with E-state index in [1.807, 2.05) is 18.7 Å². The topological polar surface area (TPSA) is 97.4 Å². The Labute approximate surface area is 220 Å². The van der Waals surface area contributed by atoms with Gasteiger partial charge in [-0.3, -0.25) is 14.4 Å². The van der Waals surface area contributed by atoms with Crippen molar-refractivity contribution in [2.75, 3.05) is 52.4 Å². The third-order valence-electron chi connectivity index (χ3n) is 6.94. The Morgan fingerprint density at radius 2 is 1.84 bits per heavy atom. The fourth-order valence-electron chi connectivity index (χ4n) is 4.73. The molecule has 2 heterocycles. The molecule has 3 amide bonds. The fraction of sp³-hybridized carbons (Fsp3) is 0.654. The van der Waals surface area contributed by atoms with Crippen LogP contribution in [0.4, 0.5) is 18.9 Å². The average molecular weight is 544 g/mol. The number of nitrogens with one attached hydrogen (secondary N) is 1. The van der Waals surface area contributed by atoms with Crippen molar-refractivity contribution in [3.8, 4) is 5.75 Å². The van der Waals surface area contributed by atoms with Crippen molar-refractivity contribution in [3.05, 3.63) is 23.8 Å². The normalized spacial score (nSPS) is 24.1. The smallest absolute Gasteiger partial charge is 0.397 e. The maximum absolute atomic E-state index is 13.5. The van der Waals surface area contributed by atoms with Crippen molar-refractivity contribution in [3.63, 3.8) is 0 Å². The second-order valence-electron chi connectivity index (χ2n) is 10.0. The van der Waals surface area contributed by atoms with Gasteiger partial charge in [-0.1, -0.05) is 6.92 Å². The lowest BCUT2D eigenvalue weighted by atomic mass is 9.95. The lowest BCUT2D eigenvalue weighted by Gasteiger charge is -2.38. The van der Waals surface area contributed by atoms with Gasteiger partial charge in [0.1, 0.15) is 18.8 Å². The van der Waals surface area contributed by atoms with Gasteiger partial charge < -0.3 is 29.3 Å². The molecule has 0 aliphatic carbocycles. The first-order chi connectivity index (χ1) is 17.9. The number of hydrogen-bond donors (Lipinski definition) is 1. The van der Waals surface area contributed by atoms with Crippen molar-refractivity contribution in [1.29, 1.82) is 0 Å². The first kappa shape index (κ1) is 29.7. The minimum atomic E-state index is -4.66. The van der Waals surface area contributed by atoms with Crippen LogP contribution in [0.1, 0.15) is 43.5 Å². The van der Waals surface area contributed by atoms with Gasteiger partial charge in [0, 0.05) is 58.0 Å². The van der Waals surface area contributed by atoms with Crippen LogP contribution in [0.25, 0.3) is 0 Å². The van der Waals surface area contributed by atoms with E-state index in [0.717, 1.165) is 0 Å². The van der Waals surface area contributed by atoms with E-state index < -0.39 is 24.4 Å². The highest BCUT2D eigenvalue weighted by Crippen LogP contribution is 2.28. The van der Waals surface area contributed by atoms with E-state index in [1.165, 1.54) is 23.1 Å². The van der Waals surface area contributed by atoms with Crippen molar-refractivity contribution in [2.45, 2.75) is 51.4 Å². The second-order valence-corrected chi connectivity index (χ2v) is 10.0. The SMILES string of the molecule is CO[C@@H]1CN(C)C(=O)c2cc(NC(=O)CC(F)(F)F)ccc2OC[C@H](C)N(C(=O)C2CCOCC2)C[C@H]1C. The van der Waals surface area contributed by atoms with Crippen molar-refractivity contribution in [2.24, 2.45) is 11.8 Å². The summed E-state index contributed by atoms with van der Waals surface area (Å²) >= 11 is 0. The minimum Gasteiger partial charge on any atom is -0.491 e. The molecule has 0 bridgehead atoms. The number of likely N-dealkylation sites (N-methyl/N-ethyl adjacent to an activating group) is 1. The van der Waals surface area contributed by atoms with Gasteiger partial charge in [-0.05, 0) is 38.0 Å². The summed E-state index contributed by atoms with van der Waals surface area (Å²) in [6.45, 7) is 5.60. The van der Waals surface area contributed by atoms with Crippen LogP contribution in [-0.2, 0) is 19.1 Å². The minimum absolute atomic E-state index is 0.0236. The van der Waals surface area contributed by atoms with E-state index in [0.29, 0.717) is 32.6 Å². The summed E-state index contributed by atoms with van der Waals surface area (Å²) in [6.07, 6.45) is -5.40. The molecule has 2 aliphatic heterocycles. The number of ether oxygens (including phenoxy) is 3. The highest BCUT2D eigenvalue weighted by Gasteiger charge is 2.34. The van der Waals surface area contributed by atoms with Crippen LogP contribution in [0.5, 0.6) is 5.75 Å². The molecule has 9 nitrogen and oxygen atoms in total. The molecule has 0 aromatic heterocycles. The predicted molar refractivity (Wildman–Crippen MR) is 133 cm³/mol. The number of anilines is 1. The number of fused-ring (bicyclic) bond motifs is 1. The van der Waals surface area contributed by atoms with E-state index in [4.69, 9.17) is 14.2 Å². The number of carbonyl (C=O) groups excluding carboxylic acids is 3. The second kappa shape index (κ2) is 12.8. The van der Waals surface area contributed by atoms with Crippen molar-refractivity contribution in [1.82, 2.24) is 9.80 Å². The molecule has 0 unspecified atom stereocenters. The fourth-order valence-corrected chi connectivity index (χ4v) is 4.73. The Hall–Kier alpha value is -2.86. The molecule has 12 heteroatoms. The van der Waals surface area contributed by atoms with Crippen LogP contribution in [0.2, 0.25) is 0 Å². The van der Waals surface area contributed by atoms with Gasteiger partial charge in [0.25, 0.3) is 5.91 Å². The largest absolute Gasteiger partial charge is 0.491 e. The molecule has 212 valence electrons. The number of hydrogen-bond acceptors (Lipinski definition) is 6. The van der Waals surface area contributed by atoms with Gasteiger partial charge in [0.2, 0.25) is 11.8 Å². The molecule has 1 aromatic carbocycles. The van der Waals surface area contributed by atoms with E-state index in [1.54, 1.807) is 14.2 Å². The van der Waals surface area contributed by atoms with Gasteiger partial charge >= 0.3 is 6.18 Å². The summed E-state index contributed by atoms with van der Waals surface area (Å²) in [6, 6.07) is 3.78. The number of carbonyl (C=O) groups is 3. The third-order valence-corrected chi connectivity index (χ3v) is 6.94. The predicted octanol–water partition coefficient (Wildman–Crippen LogP) is 3.34. The molecule has 3 rings (SSSR count). The maximum atomic E-state index is 13.5. The van der Waals surface area contributed by atoms with Gasteiger partial charge in [0.15, 0.2) is 0 Å². The molecule has 0 saturated carbocycles. The highest BCUT2D eigenvalue weighted by molar-refractivity contribution is 5.99. The Bertz CT molecular complexity index is 999. The molecule has 3 atom stereocenters. The zero-order valence-electron chi connectivity index (χ0n) is 22.2. The number of benzene rings is 1. The van der Waals surface area contributed by atoms with Crippen LogP contribution in [-0.4, -0.2) is 92.9 Å². The molecule has 0 radical (unpaired) electrons. The number of rotatable bonds is 4. The Balaban J connectivity index is 1.91. The van der Waals surface area contributed by atoms with Crippen molar-refractivity contribution < 1.29 is 41.8 Å². The molecule has 38 heavy (non-hydrogen) atoms. The molecule has 1 saturated heterocycles. The Morgan fingerprint density at radius 3 is 2.47 bits per heavy atom. The van der Waals surface area contributed by atoms with E-state index in [2.05, 4.69) is 5.32 Å². The molecule has 1 fully saturated rings. The average Bonchev–Trinajstić information content (AvgIpc) is 2.87. The van der Waals surface area contributed by atoms with Crippen LogP contribution in [0.15, 0.2) is 18.2 Å². The summed E-state index contributed by atoms with van der Waals surface area (Å²) in [5.41, 5.74) is 0.117. The molecule has 1 aromatic rings. The summed E-state index contributed by atoms with van der Waals surface area (Å²) < 4.78 is 54.9. The lowest BCUT2D eigenvalue weighted by molar-refractivity contribution is -0.150. The van der Waals surface area contributed by atoms with Gasteiger partial charge in [-0.2, -0.15) is 13.2 Å². The van der Waals surface area contributed by atoms with Gasteiger partial charge in [-0.15, -0.1) is 0 Å². The highest BCUT2D eigenvalue weighted by atomic mass is 19.4. The summed E-state index contributed by atoms with van der Waals surface area (Å²) in [7, 11) is 3.13. The molecular formula is C26H36F3N3O6. The summed E-state index contributed by atoms with van der Waals surface area (Å²) in [4.78, 5) is 42.0. The summed E-state index contributed by atoms with van der Waals surface area (Å²) in [5, 5.41) is 2.19. The maximum Gasteiger partial charge on any atom is 0.397 e. The summed E-state index contributed by atoms with van der Waals surface area (Å²) in [5.74, 6) is -1.72. The van der Waals surface area contributed by atoms with Crippen molar-refractivity contribution >= 4 is 23.4 Å². The van der Waals surface area contributed by atoms with E-state index in [-0.39, 0.29) is 60.0 Å². The number of amides is 3. The molecule has 2 aliphatic rings. The zero-order chi connectivity index (χ0) is 28.0. The number of methoxy groups -OCH3 is 1. The van der Waals surface area contributed by atoms with Crippen LogP contribution in [0, 0.1) is 11.8 Å². The molecule has 0 spiro atoms. The zero-order valence-corrected chi connectivity index (χ0v) is 22.2. The number of alkyl halides is 3.